The lowest BCUT2D eigenvalue weighted by Crippen LogP contribution is -2.38. The SMILES string of the molecule is Cc1cc(NC(=O)CN2CCSCC2)no1. The molecule has 1 N–H and O–H groups in total. The quantitative estimate of drug-likeness (QED) is 0.854. The Labute approximate surface area is 98.5 Å². The third-order valence-electron chi connectivity index (χ3n) is 2.37. The second-order valence-electron chi connectivity index (χ2n) is 3.76. The highest BCUT2D eigenvalue weighted by atomic mass is 32.2. The molecule has 88 valence electrons. The van der Waals surface area contributed by atoms with Crippen molar-refractivity contribution in [2.75, 3.05) is 36.5 Å². The maximum atomic E-state index is 11.6. The minimum absolute atomic E-state index is 0.0276. The summed E-state index contributed by atoms with van der Waals surface area (Å²) >= 11 is 1.93. The number of thioether (sulfide) groups is 1. The van der Waals surface area contributed by atoms with Gasteiger partial charge in [0.15, 0.2) is 5.82 Å². The van der Waals surface area contributed by atoms with E-state index in [4.69, 9.17) is 4.52 Å². The Morgan fingerprint density at radius 3 is 3.00 bits per heavy atom. The van der Waals surface area contributed by atoms with Crippen molar-refractivity contribution < 1.29 is 9.32 Å². The topological polar surface area (TPSA) is 58.4 Å². The smallest absolute Gasteiger partial charge is 0.239 e. The van der Waals surface area contributed by atoms with Gasteiger partial charge in [-0.05, 0) is 6.92 Å². The number of amides is 1. The van der Waals surface area contributed by atoms with Gasteiger partial charge in [0.1, 0.15) is 5.76 Å². The average molecular weight is 241 g/mol. The summed E-state index contributed by atoms with van der Waals surface area (Å²) in [4.78, 5) is 13.8. The van der Waals surface area contributed by atoms with Crippen LogP contribution in [0.25, 0.3) is 0 Å². The van der Waals surface area contributed by atoms with E-state index in [1.165, 1.54) is 0 Å². The zero-order valence-corrected chi connectivity index (χ0v) is 10.0. The van der Waals surface area contributed by atoms with Crippen LogP contribution in [0.4, 0.5) is 5.82 Å². The lowest BCUT2D eigenvalue weighted by Gasteiger charge is -2.24. The van der Waals surface area contributed by atoms with Gasteiger partial charge in [-0.15, -0.1) is 0 Å². The van der Waals surface area contributed by atoms with E-state index in [2.05, 4.69) is 15.4 Å². The zero-order valence-electron chi connectivity index (χ0n) is 9.23. The molecule has 0 aromatic carbocycles. The molecule has 0 bridgehead atoms. The highest BCUT2D eigenvalue weighted by molar-refractivity contribution is 7.99. The van der Waals surface area contributed by atoms with Crippen molar-refractivity contribution in [3.63, 3.8) is 0 Å². The summed E-state index contributed by atoms with van der Waals surface area (Å²) in [6, 6.07) is 1.71. The van der Waals surface area contributed by atoms with Crippen LogP contribution in [0.5, 0.6) is 0 Å². The third kappa shape index (κ3) is 3.24. The molecule has 2 rings (SSSR count). The van der Waals surface area contributed by atoms with Crippen LogP contribution in [0.15, 0.2) is 10.6 Å². The monoisotopic (exact) mass is 241 g/mol. The van der Waals surface area contributed by atoms with Gasteiger partial charge in [0.2, 0.25) is 5.91 Å². The second kappa shape index (κ2) is 5.36. The van der Waals surface area contributed by atoms with Crippen molar-refractivity contribution in [2.24, 2.45) is 0 Å². The Kier molecular flexibility index (Phi) is 3.84. The van der Waals surface area contributed by atoms with E-state index in [-0.39, 0.29) is 5.91 Å². The fraction of sp³-hybridized carbons (Fsp3) is 0.600. The maximum Gasteiger partial charge on any atom is 0.239 e. The van der Waals surface area contributed by atoms with Crippen LogP contribution in [-0.2, 0) is 4.79 Å². The van der Waals surface area contributed by atoms with E-state index in [9.17, 15) is 4.79 Å². The second-order valence-corrected chi connectivity index (χ2v) is 4.98. The molecule has 1 aromatic heterocycles. The van der Waals surface area contributed by atoms with E-state index in [0.717, 1.165) is 24.6 Å². The van der Waals surface area contributed by atoms with E-state index in [0.29, 0.717) is 18.1 Å². The van der Waals surface area contributed by atoms with Crippen LogP contribution in [0.3, 0.4) is 0 Å². The standard InChI is InChI=1S/C10H15N3O2S/c1-8-6-9(12-15-8)11-10(14)7-13-2-4-16-5-3-13/h6H,2-5,7H2,1H3,(H,11,12,14). The van der Waals surface area contributed by atoms with Crippen molar-refractivity contribution in [3.8, 4) is 0 Å². The zero-order chi connectivity index (χ0) is 11.4. The highest BCUT2D eigenvalue weighted by Crippen LogP contribution is 2.10. The van der Waals surface area contributed by atoms with Crippen molar-refractivity contribution in [2.45, 2.75) is 6.92 Å². The Morgan fingerprint density at radius 1 is 1.62 bits per heavy atom. The first-order valence-electron chi connectivity index (χ1n) is 5.27. The van der Waals surface area contributed by atoms with Gasteiger partial charge in [0.05, 0.1) is 6.54 Å². The lowest BCUT2D eigenvalue weighted by molar-refractivity contribution is -0.117. The van der Waals surface area contributed by atoms with Crippen molar-refractivity contribution >= 4 is 23.5 Å². The molecule has 1 fully saturated rings. The van der Waals surface area contributed by atoms with Gasteiger partial charge in [0, 0.05) is 30.7 Å². The Morgan fingerprint density at radius 2 is 2.38 bits per heavy atom. The average Bonchev–Trinajstić information content (AvgIpc) is 2.65. The number of nitrogens with one attached hydrogen (secondary N) is 1. The normalized spacial score (nSPS) is 17.3. The van der Waals surface area contributed by atoms with Gasteiger partial charge in [-0.1, -0.05) is 5.16 Å². The molecule has 1 aliphatic heterocycles. The first-order valence-corrected chi connectivity index (χ1v) is 6.43. The number of hydrogen-bond donors (Lipinski definition) is 1. The molecule has 1 amide bonds. The van der Waals surface area contributed by atoms with Crippen LogP contribution < -0.4 is 5.32 Å². The third-order valence-corrected chi connectivity index (χ3v) is 3.31. The first kappa shape index (κ1) is 11.5. The molecule has 0 spiro atoms. The molecular formula is C10H15N3O2S. The number of rotatable bonds is 3. The van der Waals surface area contributed by atoms with Gasteiger partial charge in [-0.25, -0.2) is 0 Å². The van der Waals surface area contributed by atoms with E-state index in [1.54, 1.807) is 13.0 Å². The highest BCUT2D eigenvalue weighted by Gasteiger charge is 2.14. The number of aryl methyl sites for hydroxylation is 1. The number of anilines is 1. The van der Waals surface area contributed by atoms with Crippen LogP contribution in [0.2, 0.25) is 0 Å². The molecule has 5 nitrogen and oxygen atoms in total. The van der Waals surface area contributed by atoms with Crippen molar-refractivity contribution in [1.82, 2.24) is 10.1 Å². The molecule has 2 heterocycles. The van der Waals surface area contributed by atoms with Crippen molar-refractivity contribution in [1.29, 1.82) is 0 Å². The molecule has 6 heteroatoms. The molecule has 16 heavy (non-hydrogen) atoms. The fourth-order valence-electron chi connectivity index (χ4n) is 1.57. The van der Waals surface area contributed by atoms with Crippen LogP contribution >= 0.6 is 11.8 Å². The summed E-state index contributed by atoms with van der Waals surface area (Å²) in [6.45, 7) is 4.20. The molecular weight excluding hydrogens is 226 g/mol. The molecule has 0 aliphatic carbocycles. The van der Waals surface area contributed by atoms with Crippen LogP contribution in [0.1, 0.15) is 5.76 Å². The molecule has 0 radical (unpaired) electrons. The summed E-state index contributed by atoms with van der Waals surface area (Å²) in [6.07, 6.45) is 0. The van der Waals surface area contributed by atoms with E-state index in [1.807, 2.05) is 11.8 Å². The first-order chi connectivity index (χ1) is 7.74. The van der Waals surface area contributed by atoms with Gasteiger partial charge in [0.25, 0.3) is 0 Å². The molecule has 1 aliphatic rings. The molecule has 0 atom stereocenters. The summed E-state index contributed by atoms with van der Waals surface area (Å²) < 4.78 is 4.87. The molecule has 0 unspecified atom stereocenters. The summed E-state index contributed by atoms with van der Waals surface area (Å²) in [7, 11) is 0. The van der Waals surface area contributed by atoms with Gasteiger partial charge < -0.3 is 9.84 Å². The summed E-state index contributed by atoms with van der Waals surface area (Å²) in [5, 5.41) is 6.44. The minimum atomic E-state index is -0.0276. The molecule has 0 saturated carbocycles. The van der Waals surface area contributed by atoms with Gasteiger partial charge >= 0.3 is 0 Å². The number of nitrogens with zero attached hydrogens (tertiary/aromatic N) is 2. The maximum absolute atomic E-state index is 11.6. The number of carbonyl (C=O) groups is 1. The molecule has 1 saturated heterocycles. The Bertz CT molecular complexity index is 361. The number of hydrogen-bond acceptors (Lipinski definition) is 5. The number of aromatic nitrogens is 1. The largest absolute Gasteiger partial charge is 0.360 e. The fourth-order valence-corrected chi connectivity index (χ4v) is 2.55. The Balaban J connectivity index is 1.79. The van der Waals surface area contributed by atoms with E-state index >= 15 is 0 Å². The van der Waals surface area contributed by atoms with Crippen LogP contribution in [0, 0.1) is 6.92 Å². The minimum Gasteiger partial charge on any atom is -0.360 e. The van der Waals surface area contributed by atoms with E-state index < -0.39 is 0 Å². The Hall–Kier alpha value is -1.01. The molecule has 1 aromatic rings. The predicted octanol–water partition coefficient (Wildman–Crippen LogP) is 0.970. The van der Waals surface area contributed by atoms with Gasteiger partial charge in [-0.2, -0.15) is 11.8 Å². The predicted molar refractivity (Wildman–Crippen MR) is 63.6 cm³/mol. The number of carbonyl (C=O) groups excluding carboxylic acids is 1. The van der Waals surface area contributed by atoms with Gasteiger partial charge in [-0.3, -0.25) is 9.69 Å². The summed E-state index contributed by atoms with van der Waals surface area (Å²) in [5.41, 5.74) is 0. The van der Waals surface area contributed by atoms with Crippen LogP contribution in [-0.4, -0.2) is 47.1 Å². The lowest BCUT2D eigenvalue weighted by atomic mass is 10.4. The van der Waals surface area contributed by atoms with Crippen molar-refractivity contribution in [3.05, 3.63) is 11.8 Å². The summed E-state index contributed by atoms with van der Waals surface area (Å²) in [5.74, 6) is 3.38.